The predicted octanol–water partition coefficient (Wildman–Crippen LogP) is 5.11. The minimum atomic E-state index is -0.419. The summed E-state index contributed by atoms with van der Waals surface area (Å²) in [5.74, 6) is -0.236. The lowest BCUT2D eigenvalue weighted by molar-refractivity contribution is 0.617. The molecule has 0 atom stereocenters. The second kappa shape index (κ2) is 5.39. The van der Waals surface area contributed by atoms with Gasteiger partial charge in [-0.15, -0.1) is 11.6 Å². The van der Waals surface area contributed by atoms with Gasteiger partial charge in [0.15, 0.2) is 0 Å². The predicted molar refractivity (Wildman–Crippen MR) is 83.0 cm³/mol. The van der Waals surface area contributed by atoms with Crippen molar-refractivity contribution in [1.29, 1.82) is 0 Å². The SMILES string of the molecule is Cc1ccc(F)c(-n2c(CCl)nc3cc(F)c(Br)cc32)c1. The number of hydrogen-bond acceptors (Lipinski definition) is 1. The van der Waals surface area contributed by atoms with Crippen LogP contribution in [0.1, 0.15) is 11.4 Å². The molecule has 0 saturated heterocycles. The van der Waals surface area contributed by atoms with Crippen LogP contribution in [0, 0.1) is 18.6 Å². The van der Waals surface area contributed by atoms with Gasteiger partial charge in [-0.05, 0) is 46.6 Å². The van der Waals surface area contributed by atoms with Gasteiger partial charge in [-0.1, -0.05) is 6.07 Å². The lowest BCUT2D eigenvalue weighted by Gasteiger charge is -2.10. The number of hydrogen-bond donors (Lipinski definition) is 0. The van der Waals surface area contributed by atoms with E-state index in [2.05, 4.69) is 20.9 Å². The molecular weight excluding hydrogens is 362 g/mol. The molecule has 0 aliphatic carbocycles. The molecule has 3 rings (SSSR count). The zero-order valence-corrected chi connectivity index (χ0v) is 13.3. The standard InChI is InChI=1S/C15H10BrClF2N2/c1-8-2-3-10(18)13(4-8)21-14-5-9(16)11(19)6-12(14)20-15(21)7-17/h2-6H,7H2,1H3. The van der Waals surface area contributed by atoms with Crippen molar-refractivity contribution in [1.82, 2.24) is 9.55 Å². The molecule has 2 nitrogen and oxygen atoms in total. The highest BCUT2D eigenvalue weighted by Gasteiger charge is 2.16. The summed E-state index contributed by atoms with van der Waals surface area (Å²) in [5.41, 5.74) is 2.30. The molecule has 0 fully saturated rings. The third-order valence-electron chi connectivity index (χ3n) is 3.23. The van der Waals surface area contributed by atoms with Gasteiger partial charge in [0.2, 0.25) is 0 Å². The summed E-state index contributed by atoms with van der Waals surface area (Å²) >= 11 is 9.06. The number of benzene rings is 2. The van der Waals surface area contributed by atoms with Crippen molar-refractivity contribution in [3.63, 3.8) is 0 Å². The van der Waals surface area contributed by atoms with E-state index in [0.717, 1.165) is 5.56 Å². The molecule has 0 bridgehead atoms. The molecule has 0 amide bonds. The Balaban J connectivity index is 2.40. The van der Waals surface area contributed by atoms with E-state index in [9.17, 15) is 8.78 Å². The Labute approximate surface area is 133 Å². The zero-order chi connectivity index (χ0) is 15.1. The topological polar surface area (TPSA) is 17.8 Å². The number of aryl methyl sites for hydroxylation is 1. The van der Waals surface area contributed by atoms with Crippen LogP contribution in [0.25, 0.3) is 16.7 Å². The number of nitrogens with zero attached hydrogens (tertiary/aromatic N) is 2. The Morgan fingerprint density at radius 3 is 2.67 bits per heavy atom. The Kier molecular flexibility index (Phi) is 3.71. The van der Waals surface area contributed by atoms with Crippen molar-refractivity contribution >= 4 is 38.6 Å². The van der Waals surface area contributed by atoms with Gasteiger partial charge in [-0.25, -0.2) is 13.8 Å². The zero-order valence-electron chi connectivity index (χ0n) is 11.0. The van der Waals surface area contributed by atoms with E-state index in [1.807, 2.05) is 6.92 Å². The Morgan fingerprint density at radius 1 is 1.19 bits per heavy atom. The van der Waals surface area contributed by atoms with Gasteiger partial charge in [0, 0.05) is 6.07 Å². The molecule has 2 aromatic carbocycles. The van der Waals surface area contributed by atoms with E-state index in [1.54, 1.807) is 22.8 Å². The quantitative estimate of drug-likeness (QED) is 0.572. The van der Waals surface area contributed by atoms with Crippen LogP contribution in [0.3, 0.4) is 0 Å². The minimum absolute atomic E-state index is 0.0985. The highest BCUT2D eigenvalue weighted by atomic mass is 79.9. The van der Waals surface area contributed by atoms with Gasteiger partial charge in [-0.3, -0.25) is 4.57 Å². The lowest BCUT2D eigenvalue weighted by atomic mass is 10.2. The van der Waals surface area contributed by atoms with Crippen LogP contribution in [-0.4, -0.2) is 9.55 Å². The van der Waals surface area contributed by atoms with E-state index >= 15 is 0 Å². The van der Waals surface area contributed by atoms with Gasteiger partial charge >= 0.3 is 0 Å². The van der Waals surface area contributed by atoms with Crippen molar-refractivity contribution in [2.75, 3.05) is 0 Å². The largest absolute Gasteiger partial charge is 0.292 e. The van der Waals surface area contributed by atoms with Gasteiger partial charge in [-0.2, -0.15) is 0 Å². The van der Waals surface area contributed by atoms with E-state index < -0.39 is 5.82 Å². The number of alkyl halides is 1. The van der Waals surface area contributed by atoms with Gasteiger partial charge in [0.1, 0.15) is 17.5 Å². The first-order valence-corrected chi connectivity index (χ1v) is 7.53. The lowest BCUT2D eigenvalue weighted by Crippen LogP contribution is -2.02. The van der Waals surface area contributed by atoms with E-state index in [0.29, 0.717) is 27.0 Å². The molecule has 21 heavy (non-hydrogen) atoms. The Hall–Kier alpha value is -1.46. The summed E-state index contributed by atoms with van der Waals surface area (Å²) in [6, 6.07) is 7.68. The number of imidazole rings is 1. The first kappa shape index (κ1) is 14.5. The maximum atomic E-state index is 14.2. The fourth-order valence-corrected chi connectivity index (χ4v) is 2.79. The van der Waals surface area contributed by atoms with Crippen molar-refractivity contribution in [2.24, 2.45) is 0 Å². The smallest absolute Gasteiger partial charge is 0.147 e. The summed E-state index contributed by atoms with van der Waals surface area (Å²) in [4.78, 5) is 4.28. The molecule has 0 unspecified atom stereocenters. The molecule has 0 aliphatic heterocycles. The highest BCUT2D eigenvalue weighted by Crippen LogP contribution is 2.29. The van der Waals surface area contributed by atoms with Crippen LogP contribution < -0.4 is 0 Å². The van der Waals surface area contributed by atoms with Crippen LogP contribution in [0.15, 0.2) is 34.8 Å². The van der Waals surface area contributed by atoms with E-state index in [4.69, 9.17) is 11.6 Å². The summed E-state index contributed by atoms with van der Waals surface area (Å²) in [6.45, 7) is 1.87. The molecule has 0 N–H and O–H groups in total. The summed E-state index contributed by atoms with van der Waals surface area (Å²) in [5, 5.41) is 0. The number of halogens is 4. The minimum Gasteiger partial charge on any atom is -0.292 e. The van der Waals surface area contributed by atoms with Crippen LogP contribution in [0.4, 0.5) is 8.78 Å². The molecule has 1 heterocycles. The number of aromatic nitrogens is 2. The van der Waals surface area contributed by atoms with Crippen LogP contribution in [0.2, 0.25) is 0 Å². The van der Waals surface area contributed by atoms with Crippen LogP contribution in [-0.2, 0) is 5.88 Å². The third kappa shape index (κ3) is 2.45. The van der Waals surface area contributed by atoms with Gasteiger partial charge < -0.3 is 0 Å². The Morgan fingerprint density at radius 2 is 1.95 bits per heavy atom. The van der Waals surface area contributed by atoms with Crippen LogP contribution in [0.5, 0.6) is 0 Å². The van der Waals surface area contributed by atoms with Crippen LogP contribution >= 0.6 is 27.5 Å². The summed E-state index contributed by atoms with van der Waals surface area (Å²) in [6.07, 6.45) is 0. The first-order chi connectivity index (χ1) is 10.0. The molecule has 108 valence electrons. The number of fused-ring (bicyclic) bond motifs is 1. The Bertz CT molecular complexity index is 845. The molecule has 0 aliphatic rings. The second-order valence-electron chi connectivity index (χ2n) is 4.71. The first-order valence-electron chi connectivity index (χ1n) is 6.20. The fourth-order valence-electron chi connectivity index (χ4n) is 2.28. The summed E-state index contributed by atoms with van der Waals surface area (Å²) in [7, 11) is 0. The molecule has 1 aromatic heterocycles. The van der Waals surface area contributed by atoms with Crippen molar-refractivity contribution < 1.29 is 8.78 Å². The van der Waals surface area contributed by atoms with Crippen molar-refractivity contribution in [2.45, 2.75) is 12.8 Å². The maximum absolute atomic E-state index is 14.2. The second-order valence-corrected chi connectivity index (χ2v) is 5.83. The molecule has 3 aromatic rings. The van der Waals surface area contributed by atoms with Crippen molar-refractivity contribution in [3.8, 4) is 5.69 Å². The molecule has 6 heteroatoms. The molecule has 0 radical (unpaired) electrons. The van der Waals surface area contributed by atoms with Gasteiger partial charge in [0.05, 0.1) is 27.1 Å². The molecule has 0 spiro atoms. The summed E-state index contributed by atoms with van der Waals surface area (Å²) < 4.78 is 29.7. The third-order valence-corrected chi connectivity index (χ3v) is 4.07. The highest BCUT2D eigenvalue weighted by molar-refractivity contribution is 9.10. The molecule has 0 saturated carbocycles. The average molecular weight is 372 g/mol. The van der Waals surface area contributed by atoms with E-state index in [-0.39, 0.29) is 11.7 Å². The monoisotopic (exact) mass is 370 g/mol. The average Bonchev–Trinajstić information content (AvgIpc) is 2.79. The fraction of sp³-hybridized carbons (Fsp3) is 0.133. The van der Waals surface area contributed by atoms with Gasteiger partial charge in [0.25, 0.3) is 0 Å². The van der Waals surface area contributed by atoms with E-state index in [1.165, 1.54) is 12.1 Å². The number of rotatable bonds is 2. The maximum Gasteiger partial charge on any atom is 0.147 e. The normalized spacial score (nSPS) is 11.3. The molecular formula is C15H10BrClF2N2. The van der Waals surface area contributed by atoms with Crippen molar-refractivity contribution in [3.05, 3.63) is 57.8 Å².